The van der Waals surface area contributed by atoms with Crippen LogP contribution < -0.4 is 0 Å². The van der Waals surface area contributed by atoms with Crippen molar-refractivity contribution in [3.05, 3.63) is 0 Å². The lowest BCUT2D eigenvalue weighted by Crippen LogP contribution is -2.24. The fourth-order valence-corrected chi connectivity index (χ4v) is 0.699. The fraction of sp³-hybridized carbons (Fsp3) is 0.778. The van der Waals surface area contributed by atoms with E-state index < -0.39 is 11.6 Å². The minimum atomic E-state index is -0.493. The van der Waals surface area contributed by atoms with Crippen LogP contribution >= 0.6 is 12.4 Å². The maximum absolute atomic E-state index is 11.0. The molecular formula is C9H17ClO4. The number of hydrogen-bond donors (Lipinski definition) is 0. The lowest BCUT2D eigenvalue weighted by molar-refractivity contribution is -0.157. The minimum Gasteiger partial charge on any atom is -0.469 e. The van der Waals surface area contributed by atoms with E-state index in [0.29, 0.717) is 0 Å². The van der Waals surface area contributed by atoms with Crippen molar-refractivity contribution in [2.45, 2.75) is 39.2 Å². The largest absolute Gasteiger partial charge is 0.469 e. The second-order valence-electron chi connectivity index (χ2n) is 3.66. The molecule has 5 heteroatoms. The van der Waals surface area contributed by atoms with Gasteiger partial charge in [0.05, 0.1) is 20.0 Å². The number of esters is 2. The van der Waals surface area contributed by atoms with Crippen molar-refractivity contribution < 1.29 is 19.1 Å². The molecule has 0 atom stereocenters. The van der Waals surface area contributed by atoms with Crippen LogP contribution in [0.15, 0.2) is 0 Å². The molecule has 0 aliphatic heterocycles. The van der Waals surface area contributed by atoms with Crippen LogP contribution in [0.3, 0.4) is 0 Å². The van der Waals surface area contributed by atoms with Crippen LogP contribution in [0.5, 0.6) is 0 Å². The van der Waals surface area contributed by atoms with Crippen LogP contribution in [-0.4, -0.2) is 24.6 Å². The van der Waals surface area contributed by atoms with E-state index in [4.69, 9.17) is 4.74 Å². The zero-order valence-corrected chi connectivity index (χ0v) is 9.77. The molecule has 14 heavy (non-hydrogen) atoms. The molecule has 0 radical (unpaired) electrons. The number of hydrogen-bond acceptors (Lipinski definition) is 4. The maximum atomic E-state index is 11.0. The Labute approximate surface area is 90.4 Å². The molecule has 84 valence electrons. The second kappa shape index (κ2) is 6.65. The first-order valence-electron chi connectivity index (χ1n) is 4.14. The molecule has 0 saturated carbocycles. The first-order valence-corrected chi connectivity index (χ1v) is 4.14. The third-order valence-corrected chi connectivity index (χ3v) is 1.18. The monoisotopic (exact) mass is 224 g/mol. The Balaban J connectivity index is 0. The van der Waals surface area contributed by atoms with Gasteiger partial charge in [-0.3, -0.25) is 9.59 Å². The summed E-state index contributed by atoms with van der Waals surface area (Å²) in [4.78, 5) is 21.7. The molecule has 0 aliphatic carbocycles. The molecule has 0 aliphatic rings. The molecule has 4 nitrogen and oxygen atoms in total. The second-order valence-corrected chi connectivity index (χ2v) is 3.66. The summed E-state index contributed by atoms with van der Waals surface area (Å²) in [6.45, 7) is 5.34. The van der Waals surface area contributed by atoms with Crippen LogP contribution in [0.2, 0.25) is 0 Å². The summed E-state index contributed by atoms with van der Waals surface area (Å²) in [6, 6.07) is 0. The topological polar surface area (TPSA) is 52.6 Å². The van der Waals surface area contributed by atoms with E-state index in [0.717, 1.165) is 0 Å². The predicted molar refractivity (Wildman–Crippen MR) is 54.3 cm³/mol. The van der Waals surface area contributed by atoms with Gasteiger partial charge in [-0.1, -0.05) is 0 Å². The summed E-state index contributed by atoms with van der Waals surface area (Å²) in [5, 5.41) is 0. The van der Waals surface area contributed by atoms with Crippen LogP contribution in [0.1, 0.15) is 33.6 Å². The molecule has 0 bridgehead atoms. The molecule has 0 spiro atoms. The lowest BCUT2D eigenvalue weighted by Gasteiger charge is -2.19. The standard InChI is InChI=1S/C9H16O4.ClH/c1-9(2,3)13-8(11)6-5-7(10)12-4;/h5-6H2,1-4H3;1H. The Bertz CT molecular complexity index is 195. The highest BCUT2D eigenvalue weighted by Crippen LogP contribution is 2.09. The van der Waals surface area contributed by atoms with E-state index in [1.807, 2.05) is 0 Å². The summed E-state index contributed by atoms with van der Waals surface area (Å²) in [5.74, 6) is -0.774. The molecule has 0 heterocycles. The number of carbonyl (C=O) groups excluding carboxylic acids is 2. The highest BCUT2D eigenvalue weighted by Gasteiger charge is 2.16. The molecule has 0 saturated heterocycles. The van der Waals surface area contributed by atoms with Gasteiger partial charge in [0, 0.05) is 0 Å². The number of carbonyl (C=O) groups is 2. The SMILES string of the molecule is COC(=O)CCC(=O)OC(C)(C)C.Cl. The van der Waals surface area contributed by atoms with E-state index in [1.54, 1.807) is 20.8 Å². The molecule has 0 amide bonds. The number of rotatable bonds is 3. The molecule has 0 aromatic heterocycles. The van der Waals surface area contributed by atoms with Crippen molar-refractivity contribution in [1.29, 1.82) is 0 Å². The van der Waals surface area contributed by atoms with Crippen LogP contribution in [-0.2, 0) is 19.1 Å². The fourth-order valence-electron chi connectivity index (χ4n) is 0.699. The molecule has 0 unspecified atom stereocenters. The van der Waals surface area contributed by atoms with E-state index in [-0.39, 0.29) is 31.2 Å². The molecule has 0 rings (SSSR count). The molecule has 0 aromatic carbocycles. The zero-order valence-electron chi connectivity index (χ0n) is 8.96. The molecule has 0 N–H and O–H groups in total. The van der Waals surface area contributed by atoms with E-state index >= 15 is 0 Å². The van der Waals surface area contributed by atoms with Crippen LogP contribution in [0.4, 0.5) is 0 Å². The smallest absolute Gasteiger partial charge is 0.306 e. The Morgan fingerprint density at radius 3 is 1.86 bits per heavy atom. The van der Waals surface area contributed by atoms with Crippen molar-refractivity contribution in [2.24, 2.45) is 0 Å². The van der Waals surface area contributed by atoms with Gasteiger partial charge in [0.15, 0.2) is 0 Å². The highest BCUT2D eigenvalue weighted by molar-refractivity contribution is 5.85. The summed E-state index contributed by atoms with van der Waals surface area (Å²) in [6.07, 6.45) is 0.148. The van der Waals surface area contributed by atoms with E-state index in [9.17, 15) is 9.59 Å². The average Bonchev–Trinajstić information content (AvgIpc) is 1.97. The maximum Gasteiger partial charge on any atom is 0.306 e. The molecular weight excluding hydrogens is 208 g/mol. The average molecular weight is 225 g/mol. The number of ether oxygens (including phenoxy) is 2. The van der Waals surface area contributed by atoms with Gasteiger partial charge >= 0.3 is 11.9 Å². The first-order chi connectivity index (χ1) is 5.85. The van der Waals surface area contributed by atoms with E-state index in [2.05, 4.69) is 4.74 Å². The Kier molecular flexibility index (Phi) is 7.45. The van der Waals surface area contributed by atoms with Crippen molar-refractivity contribution in [2.75, 3.05) is 7.11 Å². The quantitative estimate of drug-likeness (QED) is 0.685. The van der Waals surface area contributed by atoms with Crippen LogP contribution in [0.25, 0.3) is 0 Å². The van der Waals surface area contributed by atoms with E-state index in [1.165, 1.54) is 7.11 Å². The van der Waals surface area contributed by atoms with Crippen molar-refractivity contribution in [3.8, 4) is 0 Å². The van der Waals surface area contributed by atoms with Gasteiger partial charge in [-0.2, -0.15) is 0 Å². The first kappa shape index (κ1) is 15.7. The molecule has 0 fully saturated rings. The van der Waals surface area contributed by atoms with Gasteiger partial charge in [0.25, 0.3) is 0 Å². The zero-order chi connectivity index (χ0) is 10.5. The Morgan fingerprint density at radius 2 is 1.50 bits per heavy atom. The van der Waals surface area contributed by atoms with Gasteiger partial charge in [0.2, 0.25) is 0 Å². The third kappa shape index (κ3) is 9.32. The highest BCUT2D eigenvalue weighted by atomic mass is 35.5. The number of halogens is 1. The Morgan fingerprint density at radius 1 is 1.07 bits per heavy atom. The van der Waals surface area contributed by atoms with Crippen molar-refractivity contribution in [1.82, 2.24) is 0 Å². The van der Waals surface area contributed by atoms with Crippen LogP contribution in [0, 0.1) is 0 Å². The van der Waals surface area contributed by atoms with Gasteiger partial charge < -0.3 is 9.47 Å². The van der Waals surface area contributed by atoms with Crippen molar-refractivity contribution >= 4 is 24.3 Å². The van der Waals surface area contributed by atoms with Crippen molar-refractivity contribution in [3.63, 3.8) is 0 Å². The summed E-state index contributed by atoms with van der Waals surface area (Å²) >= 11 is 0. The third-order valence-electron chi connectivity index (χ3n) is 1.18. The summed E-state index contributed by atoms with van der Waals surface area (Å²) < 4.78 is 9.37. The lowest BCUT2D eigenvalue weighted by atomic mass is 10.2. The minimum absolute atomic E-state index is 0. The molecule has 0 aromatic rings. The van der Waals surface area contributed by atoms with Gasteiger partial charge in [-0.25, -0.2) is 0 Å². The van der Waals surface area contributed by atoms with Gasteiger partial charge in [0.1, 0.15) is 5.60 Å². The predicted octanol–water partition coefficient (Wildman–Crippen LogP) is 1.70. The van der Waals surface area contributed by atoms with Gasteiger partial charge in [-0.15, -0.1) is 12.4 Å². The summed E-state index contributed by atoms with van der Waals surface area (Å²) in [7, 11) is 1.29. The normalized spacial score (nSPS) is 10.0. The number of methoxy groups -OCH3 is 1. The van der Waals surface area contributed by atoms with Gasteiger partial charge in [-0.05, 0) is 20.8 Å². The Hall–Kier alpha value is -0.770. The summed E-state index contributed by atoms with van der Waals surface area (Å²) in [5.41, 5.74) is -0.493.